The molecule has 2 aromatic heterocycles. The molecular formula is C44H47N5O11. The van der Waals surface area contributed by atoms with Crippen molar-refractivity contribution in [1.82, 2.24) is 10.3 Å². The minimum atomic E-state index is -0.718. The molecule has 0 spiro atoms. The van der Waals surface area contributed by atoms with Crippen molar-refractivity contribution in [3.8, 4) is 0 Å². The summed E-state index contributed by atoms with van der Waals surface area (Å²) in [5, 5.41) is 22.2. The van der Waals surface area contributed by atoms with E-state index in [1.807, 2.05) is 26.0 Å². The van der Waals surface area contributed by atoms with Gasteiger partial charge in [0, 0.05) is 61.4 Å². The van der Waals surface area contributed by atoms with Gasteiger partial charge in [0.15, 0.2) is 5.78 Å². The number of benzene rings is 3. The van der Waals surface area contributed by atoms with E-state index >= 15 is 0 Å². The Balaban J connectivity index is 0.958. The second-order valence-electron chi connectivity index (χ2n) is 13.8. The van der Waals surface area contributed by atoms with Crippen molar-refractivity contribution in [2.45, 2.75) is 65.2 Å². The fourth-order valence-electron chi connectivity index (χ4n) is 6.49. The molecule has 1 amide bonds. The number of anilines is 2. The first-order valence-electron chi connectivity index (χ1n) is 19.8. The number of Topliss-reactive ketones (excluding diaryl/α,β-unsaturated/α-hetero) is 1. The molecule has 0 aliphatic rings. The van der Waals surface area contributed by atoms with E-state index < -0.39 is 16.5 Å². The summed E-state index contributed by atoms with van der Waals surface area (Å²) >= 11 is 0. The van der Waals surface area contributed by atoms with E-state index in [4.69, 9.17) is 18.5 Å². The molecule has 0 fully saturated rings. The molecule has 0 aliphatic heterocycles. The number of hydrogen-bond acceptors (Lipinski definition) is 14. The lowest BCUT2D eigenvalue weighted by molar-refractivity contribution is -0.383. The lowest BCUT2D eigenvalue weighted by atomic mass is 10.0. The Morgan fingerprint density at radius 3 is 2.40 bits per heavy atom. The number of aryl methyl sites for hydroxylation is 1. The fourth-order valence-corrected chi connectivity index (χ4v) is 6.49. The van der Waals surface area contributed by atoms with Crippen molar-refractivity contribution >= 4 is 69.1 Å². The molecule has 0 saturated carbocycles. The van der Waals surface area contributed by atoms with E-state index in [1.165, 1.54) is 12.1 Å². The topological polar surface area (TPSA) is 214 Å². The Bertz CT molecular complexity index is 2410. The highest BCUT2D eigenvalue weighted by Crippen LogP contribution is 2.27. The van der Waals surface area contributed by atoms with Crippen LogP contribution in [0.2, 0.25) is 0 Å². The number of ketones is 1. The number of nitro benzene ring substituents is 1. The number of carbonyl (C=O) groups is 4. The van der Waals surface area contributed by atoms with E-state index in [2.05, 4.69) is 20.5 Å². The molecule has 16 nitrogen and oxygen atoms in total. The van der Waals surface area contributed by atoms with Gasteiger partial charge in [0.05, 0.1) is 17.1 Å². The van der Waals surface area contributed by atoms with Crippen LogP contribution in [0.25, 0.3) is 28.1 Å². The summed E-state index contributed by atoms with van der Waals surface area (Å²) < 4.78 is 20.9. The van der Waals surface area contributed by atoms with Gasteiger partial charge in [0.25, 0.3) is 0 Å². The number of fused-ring (bicyclic) bond motifs is 2. The summed E-state index contributed by atoms with van der Waals surface area (Å²) in [6.45, 7) is 5.88. The van der Waals surface area contributed by atoms with Gasteiger partial charge in [-0.2, -0.15) is 0 Å². The van der Waals surface area contributed by atoms with E-state index in [0.29, 0.717) is 59.7 Å². The number of aromatic nitrogens is 2. The summed E-state index contributed by atoms with van der Waals surface area (Å²) in [5.41, 5.74) is 3.23. The molecular weight excluding hydrogens is 775 g/mol. The molecule has 0 bridgehead atoms. The molecule has 314 valence electrons. The van der Waals surface area contributed by atoms with E-state index in [9.17, 15) is 34.1 Å². The number of nitrogens with zero attached hydrogens (tertiary/aromatic N) is 4. The lowest BCUT2D eigenvalue weighted by Crippen LogP contribution is -2.21. The van der Waals surface area contributed by atoms with E-state index in [1.54, 1.807) is 48.5 Å². The summed E-state index contributed by atoms with van der Waals surface area (Å²) in [6.07, 6.45) is 9.27. The average Bonchev–Trinajstić information content (AvgIpc) is 3.74. The maximum absolute atomic E-state index is 12.8. The minimum Gasteiger partial charge on any atom is -0.460 e. The quantitative estimate of drug-likeness (QED) is 0.00731. The van der Waals surface area contributed by atoms with Gasteiger partial charge in [-0.15, -0.1) is 0 Å². The SMILES string of the molecule is CCN(CC)c1ccc2cc(C(=O)CCCOCCOC(=O)C(/C=C/c3ccc(NC(=O)CCCCCCc4ccc([N+](=O)[O-])c5nonc45)cc3)=C/C=O)c(=O)oc2c1. The summed E-state index contributed by atoms with van der Waals surface area (Å²) in [5.74, 6) is -1.19. The first-order chi connectivity index (χ1) is 29.1. The molecule has 16 heteroatoms. The first-order valence-corrected chi connectivity index (χ1v) is 19.8. The average molecular weight is 822 g/mol. The molecule has 0 saturated heterocycles. The maximum atomic E-state index is 12.8. The lowest BCUT2D eigenvalue weighted by Gasteiger charge is -2.20. The fraction of sp³-hybridized carbons (Fsp3) is 0.341. The van der Waals surface area contributed by atoms with Gasteiger partial charge in [-0.25, -0.2) is 14.2 Å². The van der Waals surface area contributed by atoms with Gasteiger partial charge in [0.2, 0.25) is 11.4 Å². The van der Waals surface area contributed by atoms with Crippen LogP contribution >= 0.6 is 0 Å². The molecule has 1 N–H and O–H groups in total. The third kappa shape index (κ3) is 12.3. The van der Waals surface area contributed by atoms with Gasteiger partial charge in [-0.3, -0.25) is 24.5 Å². The van der Waals surface area contributed by atoms with Crippen LogP contribution < -0.4 is 15.8 Å². The van der Waals surface area contributed by atoms with Crippen molar-refractivity contribution in [3.63, 3.8) is 0 Å². The van der Waals surface area contributed by atoms with Crippen molar-refractivity contribution < 1.29 is 42.6 Å². The number of hydrogen-bond donors (Lipinski definition) is 1. The highest BCUT2D eigenvalue weighted by Gasteiger charge is 2.19. The number of carbonyl (C=O) groups excluding carboxylic acids is 4. The third-order valence-electron chi connectivity index (χ3n) is 9.71. The summed E-state index contributed by atoms with van der Waals surface area (Å²) in [4.78, 5) is 74.5. The number of amides is 1. The number of esters is 1. The van der Waals surface area contributed by atoms with Crippen LogP contribution in [0, 0.1) is 10.1 Å². The molecule has 5 rings (SSSR count). The first kappa shape index (κ1) is 44.3. The van der Waals surface area contributed by atoms with Gasteiger partial charge in [-0.1, -0.05) is 31.1 Å². The predicted molar refractivity (Wildman–Crippen MR) is 225 cm³/mol. The van der Waals surface area contributed by atoms with Crippen LogP contribution in [0.1, 0.15) is 80.3 Å². The number of unbranched alkanes of at least 4 members (excludes halogenated alkanes) is 3. The highest BCUT2D eigenvalue weighted by atomic mass is 16.6. The monoisotopic (exact) mass is 821 g/mol. The number of aldehydes is 1. The van der Waals surface area contributed by atoms with Crippen LogP contribution in [0.4, 0.5) is 17.1 Å². The van der Waals surface area contributed by atoms with Crippen LogP contribution in [-0.4, -0.2) is 72.1 Å². The smallest absolute Gasteiger partial charge is 0.347 e. The number of allylic oxidation sites excluding steroid dienone is 1. The van der Waals surface area contributed by atoms with Crippen molar-refractivity contribution in [1.29, 1.82) is 0 Å². The normalized spacial score (nSPS) is 11.6. The minimum absolute atomic E-state index is 0.0120. The molecule has 0 aliphatic carbocycles. The van der Waals surface area contributed by atoms with Crippen LogP contribution in [-0.2, 0) is 30.3 Å². The molecule has 60 heavy (non-hydrogen) atoms. The van der Waals surface area contributed by atoms with Gasteiger partial charge >= 0.3 is 17.3 Å². The van der Waals surface area contributed by atoms with Crippen LogP contribution in [0.15, 0.2) is 92.2 Å². The highest BCUT2D eigenvalue weighted by molar-refractivity contribution is 5.98. The molecule has 3 aromatic carbocycles. The van der Waals surface area contributed by atoms with Crippen molar-refractivity contribution in [2.75, 3.05) is 43.1 Å². The Kier molecular flexibility index (Phi) is 16.5. The van der Waals surface area contributed by atoms with Crippen molar-refractivity contribution in [3.05, 3.63) is 116 Å². The predicted octanol–water partition coefficient (Wildman–Crippen LogP) is 7.58. The van der Waals surface area contributed by atoms with Gasteiger partial charge in [-0.05, 0) is 110 Å². The largest absolute Gasteiger partial charge is 0.460 e. The number of nitro groups is 1. The van der Waals surface area contributed by atoms with Gasteiger partial charge < -0.3 is 24.1 Å². The standard InChI is InChI=1S/C44H47N5O11/c1-3-48(4-2)35-21-17-33-28-36(44(54)59-39(33)29-35)38(51)11-9-25-57-26-27-58-43(53)32(23-24-50)16-13-30-14-19-34(20-15-30)45-40(52)12-8-6-5-7-10-31-18-22-37(49(55)56)42-41(31)46-60-47-42/h13-24,28-29H,3-12,25-27H2,1-2H3,(H,45,52)/b16-13+,32-23+. The second kappa shape index (κ2) is 22.4. The molecule has 0 atom stereocenters. The summed E-state index contributed by atoms with van der Waals surface area (Å²) in [6, 6.07) is 17.2. The van der Waals surface area contributed by atoms with Crippen LogP contribution in [0.3, 0.4) is 0 Å². The summed E-state index contributed by atoms with van der Waals surface area (Å²) in [7, 11) is 0. The van der Waals surface area contributed by atoms with Crippen LogP contribution in [0.5, 0.6) is 0 Å². The zero-order valence-electron chi connectivity index (χ0n) is 33.6. The molecule has 0 radical (unpaired) electrons. The number of ether oxygens (including phenoxy) is 2. The zero-order valence-corrected chi connectivity index (χ0v) is 33.6. The zero-order chi connectivity index (χ0) is 42.9. The van der Waals surface area contributed by atoms with Gasteiger partial charge in [0.1, 0.15) is 29.6 Å². The molecule has 0 unspecified atom stereocenters. The Labute approximate surface area is 345 Å². The number of rotatable bonds is 24. The molecule has 5 aromatic rings. The second-order valence-corrected chi connectivity index (χ2v) is 13.8. The molecule has 2 heterocycles. The Morgan fingerprint density at radius 1 is 0.883 bits per heavy atom. The maximum Gasteiger partial charge on any atom is 0.347 e. The Morgan fingerprint density at radius 2 is 1.65 bits per heavy atom. The van der Waals surface area contributed by atoms with Crippen molar-refractivity contribution in [2.24, 2.45) is 0 Å². The number of nitrogens with one attached hydrogen (secondary N) is 1. The van der Waals surface area contributed by atoms with E-state index in [0.717, 1.165) is 49.7 Å². The van der Waals surface area contributed by atoms with E-state index in [-0.39, 0.29) is 60.3 Å². The third-order valence-corrected chi connectivity index (χ3v) is 9.71. The number of non-ortho nitro benzene ring substituents is 1. The Hall–Kier alpha value is -6.81.